The van der Waals surface area contributed by atoms with Crippen molar-refractivity contribution in [2.45, 2.75) is 26.3 Å². The number of ether oxygens (including phenoxy) is 1. The first-order valence-corrected chi connectivity index (χ1v) is 6.16. The smallest absolute Gasteiger partial charge is 0.219 e. The molecule has 0 spiro atoms. The third-order valence-electron chi connectivity index (χ3n) is 2.91. The number of hydrogen-bond acceptors (Lipinski definition) is 3. The second-order valence-corrected chi connectivity index (χ2v) is 4.25. The molecule has 3 heteroatoms. The molecule has 3 nitrogen and oxygen atoms in total. The summed E-state index contributed by atoms with van der Waals surface area (Å²) in [7, 11) is 0. The molecule has 1 atom stereocenters. The first-order valence-electron chi connectivity index (χ1n) is 6.16. The topological polar surface area (TPSA) is 48.1 Å². The van der Waals surface area contributed by atoms with Gasteiger partial charge in [-0.15, -0.1) is 0 Å². The summed E-state index contributed by atoms with van der Waals surface area (Å²) in [5.74, 6) is 1.39. The molecule has 2 rings (SSSR count). The van der Waals surface area contributed by atoms with Crippen LogP contribution in [0.5, 0.6) is 11.6 Å². The van der Waals surface area contributed by atoms with Crippen molar-refractivity contribution in [3.05, 3.63) is 53.7 Å². The minimum Gasteiger partial charge on any atom is -0.439 e. The summed E-state index contributed by atoms with van der Waals surface area (Å²) in [4.78, 5) is 4.44. The van der Waals surface area contributed by atoms with Crippen LogP contribution in [-0.4, -0.2) is 4.98 Å². The normalized spacial score (nSPS) is 12.2. The number of nitrogens with two attached hydrogens (primary N) is 1. The fourth-order valence-corrected chi connectivity index (χ4v) is 1.83. The average Bonchev–Trinajstić information content (AvgIpc) is 2.39. The summed E-state index contributed by atoms with van der Waals surface area (Å²) in [6.45, 7) is 4.03. The summed E-state index contributed by atoms with van der Waals surface area (Å²) >= 11 is 0. The van der Waals surface area contributed by atoms with Crippen molar-refractivity contribution < 1.29 is 4.74 Å². The van der Waals surface area contributed by atoms with Gasteiger partial charge in [-0.1, -0.05) is 31.2 Å². The molecule has 0 saturated carbocycles. The quantitative estimate of drug-likeness (QED) is 0.891. The minimum atomic E-state index is 0.0447. The van der Waals surface area contributed by atoms with Gasteiger partial charge in [-0.25, -0.2) is 4.98 Å². The molecule has 2 N–H and O–H groups in total. The predicted molar refractivity (Wildman–Crippen MR) is 72.7 cm³/mol. The molecule has 0 fully saturated rings. The van der Waals surface area contributed by atoms with E-state index >= 15 is 0 Å². The maximum absolute atomic E-state index is 6.02. The number of nitrogens with zero attached hydrogens (tertiary/aromatic N) is 1. The van der Waals surface area contributed by atoms with Crippen molar-refractivity contribution >= 4 is 0 Å². The van der Waals surface area contributed by atoms with E-state index in [4.69, 9.17) is 10.5 Å². The number of aromatic nitrogens is 1. The van der Waals surface area contributed by atoms with Gasteiger partial charge >= 0.3 is 0 Å². The Kier molecular flexibility index (Phi) is 3.95. The van der Waals surface area contributed by atoms with Crippen molar-refractivity contribution in [3.63, 3.8) is 0 Å². The average molecular weight is 242 g/mol. The molecule has 0 bridgehead atoms. The standard InChI is InChI=1S/C15H18N2O/c1-3-14(16)13-9-10-15(17-11(13)2)18-12-7-5-4-6-8-12/h4-10,14H,3,16H2,1-2H3/t14-/m0/s1. The first kappa shape index (κ1) is 12.6. The highest BCUT2D eigenvalue weighted by molar-refractivity contribution is 5.31. The largest absolute Gasteiger partial charge is 0.439 e. The number of rotatable bonds is 4. The van der Waals surface area contributed by atoms with Crippen LogP contribution in [0.25, 0.3) is 0 Å². The zero-order valence-electron chi connectivity index (χ0n) is 10.8. The lowest BCUT2D eigenvalue weighted by molar-refractivity contribution is 0.460. The molecule has 0 amide bonds. The van der Waals surface area contributed by atoms with Crippen LogP contribution in [0.3, 0.4) is 0 Å². The van der Waals surface area contributed by atoms with Crippen LogP contribution in [0.4, 0.5) is 0 Å². The molecule has 94 valence electrons. The third kappa shape index (κ3) is 2.87. The Morgan fingerprint density at radius 1 is 1.17 bits per heavy atom. The molecule has 18 heavy (non-hydrogen) atoms. The molecular formula is C15H18N2O. The zero-order chi connectivity index (χ0) is 13.0. The van der Waals surface area contributed by atoms with Crippen molar-refractivity contribution in [3.8, 4) is 11.6 Å². The molecule has 0 aliphatic rings. The van der Waals surface area contributed by atoms with E-state index in [1.165, 1.54) is 0 Å². The Bertz CT molecular complexity index is 511. The zero-order valence-corrected chi connectivity index (χ0v) is 10.8. The molecule has 1 aromatic heterocycles. The summed E-state index contributed by atoms with van der Waals surface area (Å²) in [5, 5.41) is 0. The van der Waals surface area contributed by atoms with Crippen molar-refractivity contribution in [1.82, 2.24) is 4.98 Å². The lowest BCUT2D eigenvalue weighted by atomic mass is 10.0. The maximum atomic E-state index is 6.02. The highest BCUT2D eigenvalue weighted by Crippen LogP contribution is 2.23. The van der Waals surface area contributed by atoms with Crippen LogP contribution in [0.1, 0.15) is 30.6 Å². The van der Waals surface area contributed by atoms with E-state index in [0.717, 1.165) is 23.4 Å². The van der Waals surface area contributed by atoms with Crippen LogP contribution >= 0.6 is 0 Å². The van der Waals surface area contributed by atoms with Crippen LogP contribution in [0.2, 0.25) is 0 Å². The molecule has 0 saturated heterocycles. The number of para-hydroxylation sites is 1. The van der Waals surface area contributed by atoms with Gasteiger partial charge in [0, 0.05) is 17.8 Å². The summed E-state index contributed by atoms with van der Waals surface area (Å²) in [5.41, 5.74) is 8.03. The van der Waals surface area contributed by atoms with E-state index in [2.05, 4.69) is 11.9 Å². The third-order valence-corrected chi connectivity index (χ3v) is 2.91. The van der Waals surface area contributed by atoms with Crippen molar-refractivity contribution in [2.75, 3.05) is 0 Å². The molecule has 0 aliphatic heterocycles. The van der Waals surface area contributed by atoms with Gasteiger partial charge in [0.15, 0.2) is 0 Å². The van der Waals surface area contributed by atoms with Gasteiger partial charge in [0.1, 0.15) is 5.75 Å². The first-order chi connectivity index (χ1) is 8.70. The Morgan fingerprint density at radius 2 is 1.89 bits per heavy atom. The molecule has 0 aliphatic carbocycles. The molecule has 1 aromatic carbocycles. The summed E-state index contributed by atoms with van der Waals surface area (Å²) < 4.78 is 5.68. The molecule has 2 aromatic rings. The highest BCUT2D eigenvalue weighted by atomic mass is 16.5. The second kappa shape index (κ2) is 5.65. The van der Waals surface area contributed by atoms with Gasteiger partial charge in [0.05, 0.1) is 0 Å². The minimum absolute atomic E-state index is 0.0447. The monoisotopic (exact) mass is 242 g/mol. The number of aryl methyl sites for hydroxylation is 1. The van der Waals surface area contributed by atoms with Crippen LogP contribution in [0, 0.1) is 6.92 Å². The molecule has 1 heterocycles. The maximum Gasteiger partial charge on any atom is 0.219 e. The van der Waals surface area contributed by atoms with Crippen molar-refractivity contribution in [1.29, 1.82) is 0 Å². The van der Waals surface area contributed by atoms with Crippen LogP contribution in [0.15, 0.2) is 42.5 Å². The molecular weight excluding hydrogens is 224 g/mol. The number of benzene rings is 1. The van der Waals surface area contributed by atoms with Crippen LogP contribution in [-0.2, 0) is 0 Å². The Labute approximate surface area is 108 Å². The van der Waals surface area contributed by atoms with E-state index in [1.807, 2.05) is 49.4 Å². The van der Waals surface area contributed by atoms with Gasteiger partial charge in [-0.3, -0.25) is 0 Å². The highest BCUT2D eigenvalue weighted by Gasteiger charge is 2.09. The van der Waals surface area contributed by atoms with Gasteiger partial charge in [0.2, 0.25) is 5.88 Å². The number of hydrogen-bond donors (Lipinski definition) is 1. The van der Waals surface area contributed by atoms with Crippen molar-refractivity contribution in [2.24, 2.45) is 5.73 Å². The van der Waals surface area contributed by atoms with Gasteiger partial charge in [-0.05, 0) is 31.0 Å². The van der Waals surface area contributed by atoms with E-state index in [0.29, 0.717) is 5.88 Å². The fraction of sp³-hybridized carbons (Fsp3) is 0.267. The molecule has 0 radical (unpaired) electrons. The lowest BCUT2D eigenvalue weighted by Crippen LogP contribution is -2.11. The summed E-state index contributed by atoms with van der Waals surface area (Å²) in [6, 6.07) is 13.5. The summed E-state index contributed by atoms with van der Waals surface area (Å²) in [6.07, 6.45) is 0.904. The number of pyridine rings is 1. The van der Waals surface area contributed by atoms with E-state index in [9.17, 15) is 0 Å². The van der Waals surface area contributed by atoms with E-state index in [1.54, 1.807) is 0 Å². The van der Waals surface area contributed by atoms with Gasteiger partial charge < -0.3 is 10.5 Å². The van der Waals surface area contributed by atoms with Gasteiger partial charge in [-0.2, -0.15) is 0 Å². The van der Waals surface area contributed by atoms with E-state index < -0.39 is 0 Å². The van der Waals surface area contributed by atoms with Gasteiger partial charge in [0.25, 0.3) is 0 Å². The predicted octanol–water partition coefficient (Wildman–Crippen LogP) is 3.59. The fourth-order valence-electron chi connectivity index (χ4n) is 1.83. The second-order valence-electron chi connectivity index (χ2n) is 4.25. The van der Waals surface area contributed by atoms with E-state index in [-0.39, 0.29) is 6.04 Å². The Morgan fingerprint density at radius 3 is 2.50 bits per heavy atom. The SMILES string of the molecule is CC[C@H](N)c1ccc(Oc2ccccc2)nc1C. The van der Waals surface area contributed by atoms with Crippen LogP contribution < -0.4 is 10.5 Å². The Hall–Kier alpha value is -1.87. The lowest BCUT2D eigenvalue weighted by Gasteiger charge is -2.13. The Balaban J connectivity index is 2.19. The molecule has 0 unspecified atom stereocenters.